The van der Waals surface area contributed by atoms with Gasteiger partial charge in [0.1, 0.15) is 5.82 Å². The van der Waals surface area contributed by atoms with Gasteiger partial charge in [0.05, 0.1) is 0 Å². The number of hydrogen-bond donors (Lipinski definition) is 1. The van der Waals surface area contributed by atoms with Gasteiger partial charge < -0.3 is 10.2 Å². The van der Waals surface area contributed by atoms with Crippen LogP contribution in [0.3, 0.4) is 0 Å². The lowest BCUT2D eigenvalue weighted by atomic mass is 10.0. The van der Waals surface area contributed by atoms with Crippen LogP contribution in [0.25, 0.3) is 10.8 Å². The second-order valence-corrected chi connectivity index (χ2v) is 5.54. The van der Waals surface area contributed by atoms with E-state index in [1.165, 1.54) is 30.0 Å². The fraction of sp³-hybridized carbons (Fsp3) is 0.471. The molecule has 1 unspecified atom stereocenters. The van der Waals surface area contributed by atoms with Gasteiger partial charge in [-0.1, -0.05) is 30.7 Å². The summed E-state index contributed by atoms with van der Waals surface area (Å²) in [7, 11) is 0. The van der Waals surface area contributed by atoms with Crippen LogP contribution >= 0.6 is 0 Å². The summed E-state index contributed by atoms with van der Waals surface area (Å²) in [5.41, 5.74) is 0. The fourth-order valence-corrected chi connectivity index (χ4v) is 3.07. The highest BCUT2D eigenvalue weighted by atomic mass is 15.2. The number of benzene rings is 1. The van der Waals surface area contributed by atoms with E-state index in [2.05, 4.69) is 52.5 Å². The molecule has 0 aliphatic carbocycles. The zero-order valence-electron chi connectivity index (χ0n) is 12.2. The minimum Gasteiger partial charge on any atom is -0.355 e. The van der Waals surface area contributed by atoms with Crippen LogP contribution in [-0.4, -0.2) is 30.7 Å². The molecule has 1 atom stereocenters. The topological polar surface area (TPSA) is 28.2 Å². The number of nitrogens with one attached hydrogen (secondary N) is 1. The molecule has 0 amide bonds. The van der Waals surface area contributed by atoms with E-state index in [1.807, 2.05) is 6.20 Å². The van der Waals surface area contributed by atoms with E-state index in [0.717, 1.165) is 25.5 Å². The molecule has 3 rings (SSSR count). The second kappa shape index (κ2) is 6.23. The summed E-state index contributed by atoms with van der Waals surface area (Å²) >= 11 is 0. The van der Waals surface area contributed by atoms with Crippen LogP contribution in [0.5, 0.6) is 0 Å². The Hall–Kier alpha value is -1.61. The van der Waals surface area contributed by atoms with Crippen molar-refractivity contribution in [2.75, 3.05) is 24.5 Å². The Morgan fingerprint density at radius 2 is 2.15 bits per heavy atom. The summed E-state index contributed by atoms with van der Waals surface area (Å²) in [6.45, 7) is 5.42. The average molecular weight is 269 g/mol. The number of likely N-dealkylation sites (N-methyl/N-ethyl adjacent to an activating group) is 1. The Labute approximate surface area is 121 Å². The average Bonchev–Trinajstić information content (AvgIpc) is 2.53. The maximum Gasteiger partial charge on any atom is 0.136 e. The number of hydrogen-bond acceptors (Lipinski definition) is 3. The second-order valence-electron chi connectivity index (χ2n) is 5.54. The van der Waals surface area contributed by atoms with E-state index in [1.54, 1.807) is 0 Å². The van der Waals surface area contributed by atoms with Crippen molar-refractivity contribution in [1.29, 1.82) is 0 Å². The Kier molecular flexibility index (Phi) is 4.16. The van der Waals surface area contributed by atoms with Crippen LogP contribution in [0.15, 0.2) is 36.5 Å². The number of anilines is 1. The molecule has 2 aromatic rings. The van der Waals surface area contributed by atoms with Gasteiger partial charge in [0.25, 0.3) is 0 Å². The standard InChI is InChI=1S/C17H23N3/c1-2-20(13-15-8-5-6-11-18-15)17-16-9-4-3-7-14(16)10-12-19-17/h3-4,7,9-10,12,15,18H,2,5-6,8,11,13H2,1H3. The Bertz CT molecular complexity index is 556. The predicted molar refractivity (Wildman–Crippen MR) is 85.3 cm³/mol. The zero-order valence-corrected chi connectivity index (χ0v) is 12.2. The summed E-state index contributed by atoms with van der Waals surface area (Å²) < 4.78 is 0. The van der Waals surface area contributed by atoms with E-state index in [0.29, 0.717) is 6.04 Å². The molecule has 2 heterocycles. The SMILES string of the molecule is CCN(CC1CCCCN1)c1nccc2ccccc12. The fourth-order valence-electron chi connectivity index (χ4n) is 3.07. The van der Waals surface area contributed by atoms with Crippen LogP contribution in [0.2, 0.25) is 0 Å². The van der Waals surface area contributed by atoms with Crippen LogP contribution in [-0.2, 0) is 0 Å². The van der Waals surface area contributed by atoms with Crippen molar-refractivity contribution >= 4 is 16.6 Å². The lowest BCUT2D eigenvalue weighted by molar-refractivity contribution is 0.400. The first-order chi connectivity index (χ1) is 9.88. The van der Waals surface area contributed by atoms with Gasteiger partial charge in [0.2, 0.25) is 0 Å². The van der Waals surface area contributed by atoms with Crippen molar-refractivity contribution in [3.63, 3.8) is 0 Å². The molecule has 1 aliphatic rings. The van der Waals surface area contributed by atoms with Gasteiger partial charge in [-0.3, -0.25) is 0 Å². The van der Waals surface area contributed by atoms with Crippen LogP contribution < -0.4 is 10.2 Å². The predicted octanol–water partition coefficient (Wildman–Crippen LogP) is 3.20. The van der Waals surface area contributed by atoms with Crippen molar-refractivity contribution in [2.24, 2.45) is 0 Å². The van der Waals surface area contributed by atoms with Gasteiger partial charge in [-0.25, -0.2) is 4.98 Å². The van der Waals surface area contributed by atoms with E-state index in [4.69, 9.17) is 0 Å². The molecule has 0 saturated carbocycles. The summed E-state index contributed by atoms with van der Waals surface area (Å²) in [5, 5.41) is 6.16. The molecule has 1 saturated heterocycles. The molecule has 20 heavy (non-hydrogen) atoms. The molecule has 1 N–H and O–H groups in total. The number of rotatable bonds is 4. The summed E-state index contributed by atoms with van der Waals surface area (Å²) in [6.07, 6.45) is 5.86. The van der Waals surface area contributed by atoms with Crippen molar-refractivity contribution in [1.82, 2.24) is 10.3 Å². The number of nitrogens with zero attached hydrogens (tertiary/aromatic N) is 2. The molecular formula is C17H23N3. The third-order valence-corrected chi connectivity index (χ3v) is 4.19. The smallest absolute Gasteiger partial charge is 0.136 e. The lowest BCUT2D eigenvalue weighted by Gasteiger charge is -2.31. The molecule has 0 spiro atoms. The van der Waals surface area contributed by atoms with Crippen LogP contribution in [0.4, 0.5) is 5.82 Å². The minimum atomic E-state index is 0.601. The van der Waals surface area contributed by atoms with Gasteiger partial charge in [0, 0.05) is 30.7 Å². The summed E-state index contributed by atoms with van der Waals surface area (Å²) in [6, 6.07) is 11.2. The van der Waals surface area contributed by atoms with Gasteiger partial charge in [-0.15, -0.1) is 0 Å². The number of fused-ring (bicyclic) bond motifs is 1. The Morgan fingerprint density at radius 1 is 1.25 bits per heavy atom. The van der Waals surface area contributed by atoms with E-state index >= 15 is 0 Å². The van der Waals surface area contributed by atoms with Crippen LogP contribution in [0, 0.1) is 0 Å². The molecule has 1 aromatic heterocycles. The largest absolute Gasteiger partial charge is 0.355 e. The third-order valence-electron chi connectivity index (χ3n) is 4.19. The van der Waals surface area contributed by atoms with Gasteiger partial charge >= 0.3 is 0 Å². The van der Waals surface area contributed by atoms with E-state index in [-0.39, 0.29) is 0 Å². The highest BCUT2D eigenvalue weighted by Crippen LogP contribution is 2.24. The Balaban J connectivity index is 1.86. The third kappa shape index (κ3) is 2.78. The molecule has 1 aromatic carbocycles. The first-order valence-electron chi connectivity index (χ1n) is 7.70. The number of pyridine rings is 1. The molecule has 1 fully saturated rings. The highest BCUT2D eigenvalue weighted by molar-refractivity contribution is 5.92. The van der Waals surface area contributed by atoms with E-state index in [9.17, 15) is 0 Å². The zero-order chi connectivity index (χ0) is 13.8. The highest BCUT2D eigenvalue weighted by Gasteiger charge is 2.17. The van der Waals surface area contributed by atoms with E-state index < -0.39 is 0 Å². The van der Waals surface area contributed by atoms with Gasteiger partial charge in [0.15, 0.2) is 0 Å². The molecule has 3 heteroatoms. The van der Waals surface area contributed by atoms with Crippen LogP contribution in [0.1, 0.15) is 26.2 Å². The maximum absolute atomic E-state index is 4.64. The summed E-state index contributed by atoms with van der Waals surface area (Å²) in [4.78, 5) is 7.05. The van der Waals surface area contributed by atoms with Crippen molar-refractivity contribution < 1.29 is 0 Å². The molecule has 0 bridgehead atoms. The molecule has 0 radical (unpaired) electrons. The Morgan fingerprint density at radius 3 is 2.95 bits per heavy atom. The summed E-state index contributed by atoms with van der Waals surface area (Å²) in [5.74, 6) is 1.12. The monoisotopic (exact) mass is 269 g/mol. The quantitative estimate of drug-likeness (QED) is 0.924. The van der Waals surface area contributed by atoms with Crippen molar-refractivity contribution in [3.8, 4) is 0 Å². The van der Waals surface area contributed by atoms with Crippen molar-refractivity contribution in [2.45, 2.75) is 32.2 Å². The van der Waals surface area contributed by atoms with Crippen molar-refractivity contribution in [3.05, 3.63) is 36.5 Å². The molecule has 1 aliphatic heterocycles. The van der Waals surface area contributed by atoms with Gasteiger partial charge in [-0.2, -0.15) is 0 Å². The number of piperidine rings is 1. The normalized spacial score (nSPS) is 19.1. The first-order valence-corrected chi connectivity index (χ1v) is 7.70. The van der Waals surface area contributed by atoms with Gasteiger partial charge in [-0.05, 0) is 37.8 Å². The maximum atomic E-state index is 4.64. The first kappa shape index (κ1) is 13.4. The molecular weight excluding hydrogens is 246 g/mol. The molecule has 3 nitrogen and oxygen atoms in total. The molecule has 106 valence electrons. The minimum absolute atomic E-state index is 0.601. The number of aromatic nitrogens is 1. The lowest BCUT2D eigenvalue weighted by Crippen LogP contribution is -2.44.